The molecule has 8 heteroatoms. The fraction of sp³-hybridized carbons (Fsp3) is 0.615. The largest absolute Gasteiger partial charge is 0.465 e. The molecule has 0 spiro atoms. The number of rotatable bonds is 6. The first-order chi connectivity index (χ1) is 9.84. The molecule has 1 saturated carbocycles. The van der Waals surface area contributed by atoms with Gasteiger partial charge < -0.3 is 20.7 Å². The Hall–Kier alpha value is -1.32. The number of nitrogens with zero attached hydrogens (tertiary/aromatic N) is 1. The van der Waals surface area contributed by atoms with Crippen molar-refractivity contribution in [1.82, 2.24) is 20.6 Å². The molecule has 1 atom stereocenters. The predicted octanol–water partition coefficient (Wildman–Crippen LogP) is 1.45. The number of aromatic amines is 1. The van der Waals surface area contributed by atoms with E-state index < -0.39 is 12.1 Å². The van der Waals surface area contributed by atoms with Gasteiger partial charge in [-0.3, -0.25) is 4.79 Å². The first-order valence-electron chi connectivity index (χ1n) is 6.82. The Balaban J connectivity index is 1.95. The molecule has 2 amide bonds. The number of carbonyl (C=O) groups excluding carboxylic acids is 1. The lowest BCUT2D eigenvalue weighted by molar-refractivity contribution is -0.124. The number of carboxylic acid groups (broad SMARTS) is 1. The second kappa shape index (κ2) is 6.20. The van der Waals surface area contributed by atoms with Crippen LogP contribution < -0.4 is 10.6 Å². The van der Waals surface area contributed by atoms with Crippen molar-refractivity contribution in [1.29, 1.82) is 0 Å². The van der Waals surface area contributed by atoms with Crippen LogP contribution in [-0.4, -0.2) is 39.7 Å². The molecule has 0 unspecified atom stereocenters. The summed E-state index contributed by atoms with van der Waals surface area (Å²) in [5.41, 5.74) is -0.121. The van der Waals surface area contributed by atoms with Crippen LogP contribution >= 0.6 is 22.6 Å². The molecule has 1 aliphatic carbocycles. The van der Waals surface area contributed by atoms with Gasteiger partial charge >= 0.3 is 6.09 Å². The molecule has 1 heterocycles. The van der Waals surface area contributed by atoms with Crippen LogP contribution in [0.15, 0.2) is 6.20 Å². The Morgan fingerprint density at radius 1 is 1.52 bits per heavy atom. The summed E-state index contributed by atoms with van der Waals surface area (Å²) in [6, 6.07) is -0.741. The summed E-state index contributed by atoms with van der Waals surface area (Å²) in [7, 11) is 0. The summed E-state index contributed by atoms with van der Waals surface area (Å²) in [5.74, 6) is 0.486. The minimum Gasteiger partial charge on any atom is -0.465 e. The van der Waals surface area contributed by atoms with Crippen LogP contribution in [-0.2, 0) is 10.2 Å². The highest BCUT2D eigenvalue weighted by Crippen LogP contribution is 2.46. The molecule has 21 heavy (non-hydrogen) atoms. The zero-order valence-corrected chi connectivity index (χ0v) is 14.1. The Kier molecular flexibility index (Phi) is 4.74. The fourth-order valence-corrected chi connectivity index (χ4v) is 2.65. The van der Waals surface area contributed by atoms with Gasteiger partial charge in [-0.05, 0) is 41.4 Å². The highest BCUT2D eigenvalue weighted by atomic mass is 127. The van der Waals surface area contributed by atoms with Crippen molar-refractivity contribution in [2.75, 3.05) is 6.54 Å². The Morgan fingerprint density at radius 3 is 2.62 bits per heavy atom. The van der Waals surface area contributed by atoms with Crippen molar-refractivity contribution < 1.29 is 14.7 Å². The van der Waals surface area contributed by atoms with Gasteiger partial charge in [0.1, 0.15) is 15.6 Å². The molecule has 1 fully saturated rings. The summed E-state index contributed by atoms with van der Waals surface area (Å²) in [4.78, 5) is 30.5. The van der Waals surface area contributed by atoms with Crippen molar-refractivity contribution in [3.8, 4) is 0 Å². The van der Waals surface area contributed by atoms with Crippen molar-refractivity contribution in [2.45, 2.75) is 38.1 Å². The summed E-state index contributed by atoms with van der Waals surface area (Å²) in [6.45, 7) is 4.09. The SMILES string of the molecule is CC(C)[C@H](NC(=O)O)C(=O)NCC1(c2nc(I)c[nH]2)CC1. The normalized spacial score (nSPS) is 17.3. The van der Waals surface area contributed by atoms with Gasteiger partial charge in [0, 0.05) is 18.2 Å². The van der Waals surface area contributed by atoms with E-state index in [9.17, 15) is 9.59 Å². The van der Waals surface area contributed by atoms with Gasteiger partial charge in [0.25, 0.3) is 0 Å². The summed E-state index contributed by atoms with van der Waals surface area (Å²) in [6.07, 6.45) is 2.58. The van der Waals surface area contributed by atoms with Crippen molar-refractivity contribution in [3.63, 3.8) is 0 Å². The van der Waals surface area contributed by atoms with Gasteiger partial charge in [0.15, 0.2) is 0 Å². The molecule has 0 aromatic carbocycles. The summed E-state index contributed by atoms with van der Waals surface area (Å²) < 4.78 is 0.896. The Morgan fingerprint density at radius 2 is 2.19 bits per heavy atom. The van der Waals surface area contributed by atoms with E-state index in [1.54, 1.807) is 0 Å². The maximum Gasteiger partial charge on any atom is 0.405 e. The molecule has 7 nitrogen and oxygen atoms in total. The lowest BCUT2D eigenvalue weighted by Crippen LogP contribution is -2.50. The number of imidazole rings is 1. The van der Waals surface area contributed by atoms with Gasteiger partial charge in [-0.15, -0.1) is 0 Å². The first kappa shape index (κ1) is 16.1. The van der Waals surface area contributed by atoms with Crippen LogP contribution in [0.1, 0.15) is 32.5 Å². The number of aromatic nitrogens is 2. The third kappa shape index (κ3) is 3.86. The van der Waals surface area contributed by atoms with Crippen LogP contribution in [0.4, 0.5) is 4.79 Å². The van der Waals surface area contributed by atoms with Crippen LogP contribution in [0, 0.1) is 9.62 Å². The molecule has 2 rings (SSSR count). The molecule has 4 N–H and O–H groups in total. The summed E-state index contributed by atoms with van der Waals surface area (Å²) in [5, 5.41) is 13.9. The molecule has 0 aliphatic heterocycles. The van der Waals surface area contributed by atoms with Gasteiger partial charge in [0.2, 0.25) is 5.91 Å². The quantitative estimate of drug-likeness (QED) is 0.537. The molecule has 1 aliphatic rings. The predicted molar refractivity (Wildman–Crippen MR) is 85.0 cm³/mol. The highest BCUT2D eigenvalue weighted by Gasteiger charge is 2.47. The van der Waals surface area contributed by atoms with Crippen LogP contribution in [0.5, 0.6) is 0 Å². The van der Waals surface area contributed by atoms with E-state index in [-0.39, 0.29) is 17.2 Å². The minimum atomic E-state index is -1.19. The average molecular weight is 406 g/mol. The molecule has 0 bridgehead atoms. The zero-order chi connectivity index (χ0) is 15.6. The summed E-state index contributed by atoms with van der Waals surface area (Å²) >= 11 is 2.14. The number of H-pyrrole nitrogens is 1. The maximum atomic E-state index is 12.2. The van der Waals surface area contributed by atoms with Crippen LogP contribution in [0.3, 0.4) is 0 Å². The van der Waals surface area contributed by atoms with E-state index >= 15 is 0 Å². The second-order valence-electron chi connectivity index (χ2n) is 5.74. The number of amides is 2. The van der Waals surface area contributed by atoms with E-state index in [2.05, 4.69) is 43.2 Å². The number of nitrogens with one attached hydrogen (secondary N) is 3. The lowest BCUT2D eigenvalue weighted by atomic mass is 10.0. The molecule has 1 aromatic heterocycles. The van der Waals surface area contributed by atoms with E-state index in [1.807, 2.05) is 20.0 Å². The second-order valence-corrected chi connectivity index (χ2v) is 6.85. The van der Waals surface area contributed by atoms with Crippen molar-refractivity contribution >= 4 is 34.6 Å². The highest BCUT2D eigenvalue weighted by molar-refractivity contribution is 14.1. The molecule has 1 aromatic rings. The van der Waals surface area contributed by atoms with Crippen LogP contribution in [0.25, 0.3) is 0 Å². The van der Waals surface area contributed by atoms with Gasteiger partial charge in [-0.1, -0.05) is 13.8 Å². The van der Waals surface area contributed by atoms with Gasteiger partial charge in [-0.25, -0.2) is 9.78 Å². The molecule has 116 valence electrons. The van der Waals surface area contributed by atoms with Crippen molar-refractivity contribution in [3.05, 3.63) is 15.7 Å². The molecular weight excluding hydrogens is 387 g/mol. The average Bonchev–Trinajstić information content (AvgIpc) is 3.07. The monoisotopic (exact) mass is 406 g/mol. The van der Waals surface area contributed by atoms with E-state index in [0.717, 1.165) is 22.4 Å². The Bertz CT molecular complexity index is 539. The molecule has 0 radical (unpaired) electrons. The number of hydrogen-bond donors (Lipinski definition) is 4. The third-order valence-electron chi connectivity index (χ3n) is 3.73. The topological polar surface area (TPSA) is 107 Å². The van der Waals surface area contributed by atoms with E-state index in [0.29, 0.717) is 6.54 Å². The third-order valence-corrected chi connectivity index (χ3v) is 4.28. The van der Waals surface area contributed by atoms with Crippen molar-refractivity contribution in [2.24, 2.45) is 5.92 Å². The standard InChI is InChI=1S/C13H19IN4O3/c1-7(2)9(18-12(20)21)10(19)16-6-13(3-4-13)11-15-5-8(14)17-11/h5,7,9,18H,3-4,6H2,1-2H3,(H,15,17)(H,16,19)(H,20,21)/t9-/m0/s1. The van der Waals surface area contributed by atoms with Gasteiger partial charge in [0.05, 0.1) is 0 Å². The van der Waals surface area contributed by atoms with E-state index in [1.165, 1.54) is 0 Å². The van der Waals surface area contributed by atoms with E-state index in [4.69, 9.17) is 5.11 Å². The smallest absolute Gasteiger partial charge is 0.405 e. The zero-order valence-electron chi connectivity index (χ0n) is 11.9. The molecule has 0 saturated heterocycles. The fourth-order valence-electron chi connectivity index (χ4n) is 2.25. The maximum absolute atomic E-state index is 12.2. The first-order valence-corrected chi connectivity index (χ1v) is 7.90. The Labute approximate surface area is 136 Å². The number of carbonyl (C=O) groups is 2. The number of hydrogen-bond acceptors (Lipinski definition) is 3. The number of halogens is 1. The van der Waals surface area contributed by atoms with Gasteiger partial charge in [-0.2, -0.15) is 0 Å². The molecular formula is C13H19IN4O3. The minimum absolute atomic E-state index is 0.110. The lowest BCUT2D eigenvalue weighted by Gasteiger charge is -2.21. The van der Waals surface area contributed by atoms with Crippen LogP contribution in [0.2, 0.25) is 0 Å².